The monoisotopic (exact) mass is 310 g/mol. The highest BCUT2D eigenvalue weighted by molar-refractivity contribution is 9.10. The van der Waals surface area contributed by atoms with Crippen molar-refractivity contribution in [3.63, 3.8) is 0 Å². The van der Waals surface area contributed by atoms with Gasteiger partial charge in [-0.25, -0.2) is 0 Å². The minimum absolute atomic E-state index is 0.133. The molecule has 1 fully saturated rings. The van der Waals surface area contributed by atoms with E-state index in [9.17, 15) is 4.79 Å². The summed E-state index contributed by atoms with van der Waals surface area (Å²) in [5.41, 5.74) is 6.34. The number of hydrogen-bond acceptors (Lipinski definition) is 2. The average molecular weight is 311 g/mol. The van der Waals surface area contributed by atoms with Crippen molar-refractivity contribution in [1.29, 1.82) is 0 Å². The average Bonchev–Trinajstić information content (AvgIpc) is 2.40. The molecule has 1 aromatic rings. The third-order valence-corrected chi connectivity index (χ3v) is 4.27. The van der Waals surface area contributed by atoms with E-state index in [0.717, 1.165) is 48.9 Å². The summed E-state index contributed by atoms with van der Waals surface area (Å²) in [6.07, 6.45) is 3.23. The van der Waals surface area contributed by atoms with E-state index < -0.39 is 0 Å². The number of halogens is 1. The van der Waals surface area contributed by atoms with E-state index in [1.165, 1.54) is 0 Å². The number of nitrogens with two attached hydrogens (primary N) is 1. The maximum Gasteiger partial charge on any atom is 0.254 e. The van der Waals surface area contributed by atoms with Gasteiger partial charge >= 0.3 is 0 Å². The number of carbonyl (C=O) groups excluding carboxylic acids is 1. The molecule has 0 unspecified atom stereocenters. The second-order valence-corrected chi connectivity index (χ2v) is 5.65. The van der Waals surface area contributed by atoms with Gasteiger partial charge in [0, 0.05) is 17.6 Å². The number of hydrogen-bond donors (Lipinski definition) is 1. The molecule has 0 aromatic heterocycles. The molecule has 0 bridgehead atoms. The fourth-order valence-corrected chi connectivity index (χ4v) is 2.92. The first-order valence-electron chi connectivity index (χ1n) is 6.46. The Bertz CT molecular complexity index is 414. The number of nitrogens with zero attached hydrogens (tertiary/aromatic N) is 1. The number of amides is 1. The molecule has 1 aromatic carbocycles. The second-order valence-electron chi connectivity index (χ2n) is 4.79. The lowest BCUT2D eigenvalue weighted by Gasteiger charge is -2.32. The molecule has 0 radical (unpaired) electrons. The Morgan fingerprint density at radius 2 is 2.00 bits per heavy atom. The lowest BCUT2D eigenvalue weighted by molar-refractivity contribution is 0.0687. The van der Waals surface area contributed by atoms with Crippen LogP contribution in [0.15, 0.2) is 28.7 Å². The van der Waals surface area contributed by atoms with Crippen molar-refractivity contribution in [3.05, 3.63) is 34.3 Å². The Balaban J connectivity index is 1.98. The van der Waals surface area contributed by atoms with Crippen LogP contribution in [0.1, 0.15) is 29.6 Å². The predicted octanol–water partition coefficient (Wildman–Crippen LogP) is 2.65. The molecular weight excluding hydrogens is 292 g/mol. The first-order chi connectivity index (χ1) is 8.72. The van der Waals surface area contributed by atoms with Crippen LogP contribution in [-0.2, 0) is 0 Å². The molecule has 4 heteroatoms. The van der Waals surface area contributed by atoms with Crippen LogP contribution in [0.2, 0.25) is 0 Å². The Morgan fingerprint density at radius 3 is 2.61 bits per heavy atom. The molecule has 98 valence electrons. The van der Waals surface area contributed by atoms with Crippen molar-refractivity contribution in [2.24, 2.45) is 11.7 Å². The molecule has 3 nitrogen and oxygen atoms in total. The zero-order chi connectivity index (χ0) is 13.0. The van der Waals surface area contributed by atoms with Crippen molar-refractivity contribution in [2.75, 3.05) is 19.6 Å². The van der Waals surface area contributed by atoms with Crippen LogP contribution in [0.25, 0.3) is 0 Å². The Hall–Kier alpha value is -0.870. The van der Waals surface area contributed by atoms with Gasteiger partial charge in [-0.15, -0.1) is 0 Å². The van der Waals surface area contributed by atoms with Gasteiger partial charge in [-0.3, -0.25) is 4.79 Å². The van der Waals surface area contributed by atoms with Crippen LogP contribution in [0.4, 0.5) is 0 Å². The third kappa shape index (κ3) is 3.12. The summed E-state index contributed by atoms with van der Waals surface area (Å²) >= 11 is 3.44. The number of likely N-dealkylation sites (tertiary alicyclic amines) is 1. The van der Waals surface area contributed by atoms with Gasteiger partial charge in [0.15, 0.2) is 0 Å². The molecule has 18 heavy (non-hydrogen) atoms. The molecule has 1 amide bonds. The lowest BCUT2D eigenvalue weighted by atomic mass is 9.93. The zero-order valence-corrected chi connectivity index (χ0v) is 12.0. The molecule has 0 aliphatic carbocycles. The van der Waals surface area contributed by atoms with Crippen LogP contribution in [0, 0.1) is 5.92 Å². The van der Waals surface area contributed by atoms with Crippen molar-refractivity contribution in [3.8, 4) is 0 Å². The Kier molecular flexibility index (Phi) is 4.78. The smallest absolute Gasteiger partial charge is 0.254 e. The highest BCUT2D eigenvalue weighted by Gasteiger charge is 2.23. The minimum Gasteiger partial charge on any atom is -0.339 e. The maximum absolute atomic E-state index is 12.4. The van der Waals surface area contributed by atoms with E-state index in [2.05, 4.69) is 15.9 Å². The van der Waals surface area contributed by atoms with Gasteiger partial charge in [0.2, 0.25) is 0 Å². The molecule has 1 heterocycles. The molecule has 1 saturated heterocycles. The topological polar surface area (TPSA) is 46.3 Å². The summed E-state index contributed by atoms with van der Waals surface area (Å²) in [4.78, 5) is 14.3. The number of carbonyl (C=O) groups is 1. The summed E-state index contributed by atoms with van der Waals surface area (Å²) in [6.45, 7) is 2.46. The van der Waals surface area contributed by atoms with Gasteiger partial charge in [-0.2, -0.15) is 0 Å². The van der Waals surface area contributed by atoms with Gasteiger partial charge in [-0.05, 0) is 59.8 Å². The van der Waals surface area contributed by atoms with E-state index in [0.29, 0.717) is 5.92 Å². The number of benzene rings is 1. The summed E-state index contributed by atoms with van der Waals surface area (Å²) < 4.78 is 0.874. The summed E-state index contributed by atoms with van der Waals surface area (Å²) in [6, 6.07) is 7.61. The van der Waals surface area contributed by atoms with Gasteiger partial charge in [0.25, 0.3) is 5.91 Å². The van der Waals surface area contributed by atoms with Gasteiger partial charge in [-0.1, -0.05) is 12.1 Å². The molecule has 1 aliphatic heterocycles. The van der Waals surface area contributed by atoms with Crippen LogP contribution >= 0.6 is 15.9 Å². The Morgan fingerprint density at radius 1 is 1.33 bits per heavy atom. The fourth-order valence-electron chi connectivity index (χ4n) is 2.47. The number of piperidine rings is 1. The number of rotatable bonds is 3. The van der Waals surface area contributed by atoms with Crippen molar-refractivity contribution >= 4 is 21.8 Å². The SMILES string of the molecule is NCCC1CCN(C(=O)c2ccccc2Br)CC1. The predicted molar refractivity (Wildman–Crippen MR) is 76.4 cm³/mol. The quantitative estimate of drug-likeness (QED) is 0.933. The normalized spacial score (nSPS) is 16.9. The summed E-state index contributed by atoms with van der Waals surface area (Å²) in [5, 5.41) is 0. The summed E-state index contributed by atoms with van der Waals surface area (Å²) in [7, 11) is 0. The Labute approximate surface area is 116 Å². The standard InChI is InChI=1S/C14H19BrN2O/c15-13-4-2-1-3-12(13)14(18)17-9-6-11(5-8-16)7-10-17/h1-4,11H,5-10,16H2. The van der Waals surface area contributed by atoms with E-state index in [-0.39, 0.29) is 5.91 Å². The van der Waals surface area contributed by atoms with Crippen molar-refractivity contribution in [1.82, 2.24) is 4.90 Å². The van der Waals surface area contributed by atoms with E-state index in [4.69, 9.17) is 5.73 Å². The molecular formula is C14H19BrN2O. The lowest BCUT2D eigenvalue weighted by Crippen LogP contribution is -2.39. The van der Waals surface area contributed by atoms with Crippen LogP contribution in [0.3, 0.4) is 0 Å². The zero-order valence-electron chi connectivity index (χ0n) is 10.4. The second kappa shape index (κ2) is 6.34. The first kappa shape index (κ1) is 13.6. The largest absolute Gasteiger partial charge is 0.339 e. The van der Waals surface area contributed by atoms with Crippen LogP contribution < -0.4 is 5.73 Å². The molecule has 0 atom stereocenters. The molecule has 1 aliphatic rings. The van der Waals surface area contributed by atoms with Crippen LogP contribution in [0.5, 0.6) is 0 Å². The van der Waals surface area contributed by atoms with Crippen molar-refractivity contribution in [2.45, 2.75) is 19.3 Å². The fraction of sp³-hybridized carbons (Fsp3) is 0.500. The highest BCUT2D eigenvalue weighted by atomic mass is 79.9. The van der Waals surface area contributed by atoms with E-state index in [1.54, 1.807) is 0 Å². The molecule has 2 N–H and O–H groups in total. The molecule has 0 spiro atoms. The van der Waals surface area contributed by atoms with E-state index >= 15 is 0 Å². The van der Waals surface area contributed by atoms with Gasteiger partial charge in [0.1, 0.15) is 0 Å². The molecule has 2 rings (SSSR count). The van der Waals surface area contributed by atoms with E-state index in [1.807, 2.05) is 29.2 Å². The highest BCUT2D eigenvalue weighted by Crippen LogP contribution is 2.23. The first-order valence-corrected chi connectivity index (χ1v) is 7.25. The third-order valence-electron chi connectivity index (χ3n) is 3.58. The van der Waals surface area contributed by atoms with Gasteiger partial charge in [0.05, 0.1) is 5.56 Å². The van der Waals surface area contributed by atoms with Crippen molar-refractivity contribution < 1.29 is 4.79 Å². The summed E-state index contributed by atoms with van der Waals surface area (Å²) in [5.74, 6) is 0.826. The minimum atomic E-state index is 0.133. The maximum atomic E-state index is 12.4. The van der Waals surface area contributed by atoms with Crippen LogP contribution in [-0.4, -0.2) is 30.4 Å². The molecule has 0 saturated carbocycles. The van der Waals surface area contributed by atoms with Gasteiger partial charge < -0.3 is 10.6 Å².